The molecule has 8 heteroatoms. The summed E-state index contributed by atoms with van der Waals surface area (Å²) in [6.45, 7) is 0. The first kappa shape index (κ1) is 21.3. The number of nitrogens with zero attached hydrogens (tertiary/aromatic N) is 4. The van der Waals surface area contributed by atoms with Gasteiger partial charge >= 0.3 is 0 Å². The van der Waals surface area contributed by atoms with Crippen molar-refractivity contribution in [1.29, 1.82) is 0 Å². The molecule has 7 rings (SSSR count). The minimum atomic E-state index is 0.277. The van der Waals surface area contributed by atoms with Gasteiger partial charge < -0.3 is 9.72 Å². The Morgan fingerprint density at radius 2 is 1.89 bits per heavy atom. The summed E-state index contributed by atoms with van der Waals surface area (Å²) >= 11 is 1.71. The smallest absolute Gasteiger partial charge is 0.159 e. The Labute approximate surface area is 211 Å². The van der Waals surface area contributed by atoms with Crippen LogP contribution in [0.25, 0.3) is 55.2 Å². The third-order valence-electron chi connectivity index (χ3n) is 6.83. The van der Waals surface area contributed by atoms with E-state index in [4.69, 9.17) is 9.72 Å². The Hall–Kier alpha value is -4.04. The maximum absolute atomic E-state index is 6.24. The summed E-state index contributed by atoms with van der Waals surface area (Å²) in [6.07, 6.45) is 11.7. The van der Waals surface area contributed by atoms with Crippen molar-refractivity contribution in [1.82, 2.24) is 30.1 Å². The number of thiophene rings is 1. The molecule has 0 amide bonds. The zero-order valence-corrected chi connectivity index (χ0v) is 20.4. The van der Waals surface area contributed by atoms with Gasteiger partial charge in [-0.15, -0.1) is 11.3 Å². The minimum absolute atomic E-state index is 0.277. The third-order valence-corrected chi connectivity index (χ3v) is 7.74. The largest absolute Gasteiger partial charge is 0.489 e. The average Bonchev–Trinajstić information content (AvgIpc) is 3.68. The first-order valence-electron chi connectivity index (χ1n) is 12.3. The van der Waals surface area contributed by atoms with Crippen LogP contribution in [0.4, 0.5) is 0 Å². The molecule has 0 saturated heterocycles. The van der Waals surface area contributed by atoms with Crippen molar-refractivity contribution in [2.45, 2.75) is 38.2 Å². The van der Waals surface area contributed by atoms with Crippen LogP contribution in [-0.2, 0) is 0 Å². The van der Waals surface area contributed by atoms with E-state index in [1.807, 2.05) is 30.6 Å². The van der Waals surface area contributed by atoms with E-state index in [0.29, 0.717) is 0 Å². The van der Waals surface area contributed by atoms with Crippen molar-refractivity contribution in [2.75, 3.05) is 0 Å². The summed E-state index contributed by atoms with van der Waals surface area (Å²) in [5.74, 6) is 1.53. The fourth-order valence-electron chi connectivity index (χ4n) is 5.03. The van der Waals surface area contributed by atoms with Crippen molar-refractivity contribution < 1.29 is 4.74 Å². The number of aromatic amines is 2. The van der Waals surface area contributed by atoms with Crippen LogP contribution < -0.4 is 4.74 Å². The lowest BCUT2D eigenvalue weighted by Crippen LogP contribution is -2.19. The number of aromatic nitrogens is 6. The van der Waals surface area contributed by atoms with Crippen LogP contribution in [0.5, 0.6) is 5.75 Å². The highest BCUT2D eigenvalue weighted by Crippen LogP contribution is 2.34. The Kier molecular flexibility index (Phi) is 5.24. The lowest BCUT2D eigenvalue weighted by molar-refractivity contribution is 0.154. The highest BCUT2D eigenvalue weighted by Gasteiger charge is 2.18. The van der Waals surface area contributed by atoms with Crippen LogP contribution in [-0.4, -0.2) is 36.2 Å². The van der Waals surface area contributed by atoms with Crippen LogP contribution in [0, 0.1) is 0 Å². The summed E-state index contributed by atoms with van der Waals surface area (Å²) in [5.41, 5.74) is 6.41. The summed E-state index contributed by atoms with van der Waals surface area (Å²) < 4.78 is 6.24. The van der Waals surface area contributed by atoms with Crippen LogP contribution in [0.1, 0.15) is 32.1 Å². The number of imidazole rings is 1. The molecule has 0 unspecified atom stereocenters. The molecule has 5 aromatic heterocycles. The van der Waals surface area contributed by atoms with E-state index < -0.39 is 0 Å². The number of ether oxygens (including phenoxy) is 1. The lowest BCUT2D eigenvalue weighted by Gasteiger charge is -2.22. The standard InChI is InChI=1S/C28H24N6OS/c1-2-6-18(7-3-1)35-19-12-17(14-29-15-19)23-13-21-24(16-30-23)33-34-27(21)28-31-22-9-4-8-20(26(22)32-28)25-10-5-11-36-25/h4-5,8-16,18H,1-3,6-7H2,(H,31,32)(H,33,34). The molecule has 1 fully saturated rings. The summed E-state index contributed by atoms with van der Waals surface area (Å²) in [4.78, 5) is 18.7. The zero-order valence-electron chi connectivity index (χ0n) is 19.6. The molecule has 0 atom stereocenters. The molecular weight excluding hydrogens is 468 g/mol. The van der Waals surface area contributed by atoms with Gasteiger partial charge in [0.1, 0.15) is 11.4 Å². The Morgan fingerprint density at radius 1 is 0.944 bits per heavy atom. The Balaban J connectivity index is 1.26. The number of hydrogen-bond acceptors (Lipinski definition) is 6. The summed E-state index contributed by atoms with van der Waals surface area (Å²) in [5, 5.41) is 10.7. The number of nitrogens with one attached hydrogen (secondary N) is 2. The lowest BCUT2D eigenvalue weighted by atomic mass is 9.98. The van der Waals surface area contributed by atoms with Crippen LogP contribution >= 0.6 is 11.3 Å². The molecule has 0 bridgehead atoms. The minimum Gasteiger partial charge on any atom is -0.489 e. The first-order valence-corrected chi connectivity index (χ1v) is 13.2. The molecule has 1 aromatic carbocycles. The monoisotopic (exact) mass is 492 g/mol. The fourth-order valence-corrected chi connectivity index (χ4v) is 5.78. The third kappa shape index (κ3) is 3.83. The summed E-state index contributed by atoms with van der Waals surface area (Å²) in [7, 11) is 0. The Bertz CT molecular complexity index is 1660. The molecule has 6 aromatic rings. The van der Waals surface area contributed by atoms with Crippen LogP contribution in [0.2, 0.25) is 0 Å². The van der Waals surface area contributed by atoms with E-state index in [-0.39, 0.29) is 6.10 Å². The van der Waals surface area contributed by atoms with E-state index >= 15 is 0 Å². The topological polar surface area (TPSA) is 92.4 Å². The van der Waals surface area contributed by atoms with Gasteiger partial charge in [-0.25, -0.2) is 4.98 Å². The van der Waals surface area contributed by atoms with Gasteiger partial charge in [-0.2, -0.15) is 5.10 Å². The predicted molar refractivity (Wildman–Crippen MR) is 143 cm³/mol. The van der Waals surface area contributed by atoms with Crippen molar-refractivity contribution in [3.63, 3.8) is 0 Å². The predicted octanol–water partition coefficient (Wildman–Crippen LogP) is 7.00. The van der Waals surface area contributed by atoms with Gasteiger partial charge in [0.25, 0.3) is 0 Å². The molecule has 0 spiro atoms. The molecule has 36 heavy (non-hydrogen) atoms. The second-order valence-corrected chi connectivity index (χ2v) is 10.2. The highest BCUT2D eigenvalue weighted by atomic mass is 32.1. The molecule has 5 heterocycles. The SMILES string of the molecule is c1csc(-c2cccc3[nH]c(-c4n[nH]c5cnc(-c6cncc(OC7CCCCC7)c6)cc45)nc23)c1. The molecule has 1 saturated carbocycles. The number of hydrogen-bond donors (Lipinski definition) is 2. The highest BCUT2D eigenvalue weighted by molar-refractivity contribution is 7.13. The average molecular weight is 493 g/mol. The van der Waals surface area contributed by atoms with Gasteiger partial charge in [-0.05, 0) is 55.3 Å². The quantitative estimate of drug-likeness (QED) is 0.270. The van der Waals surface area contributed by atoms with Crippen molar-refractivity contribution in [3.05, 3.63) is 66.4 Å². The molecule has 178 valence electrons. The van der Waals surface area contributed by atoms with Crippen molar-refractivity contribution in [2.24, 2.45) is 0 Å². The number of rotatable bonds is 5. The van der Waals surface area contributed by atoms with Crippen molar-refractivity contribution >= 4 is 33.3 Å². The number of benzene rings is 1. The van der Waals surface area contributed by atoms with Gasteiger partial charge in [0.05, 0.1) is 40.7 Å². The number of pyridine rings is 2. The molecular formula is C28H24N6OS. The molecule has 0 radical (unpaired) electrons. The number of para-hydroxylation sites is 1. The van der Waals surface area contributed by atoms with Gasteiger partial charge in [0.2, 0.25) is 0 Å². The van der Waals surface area contributed by atoms with Crippen molar-refractivity contribution in [3.8, 4) is 39.0 Å². The molecule has 7 nitrogen and oxygen atoms in total. The second-order valence-electron chi connectivity index (χ2n) is 9.24. The van der Waals surface area contributed by atoms with Crippen LogP contribution in [0.3, 0.4) is 0 Å². The maximum atomic E-state index is 6.24. The van der Waals surface area contributed by atoms with E-state index in [9.17, 15) is 0 Å². The van der Waals surface area contributed by atoms with E-state index in [1.165, 1.54) is 24.1 Å². The van der Waals surface area contributed by atoms with Gasteiger partial charge in [0.15, 0.2) is 5.82 Å². The van der Waals surface area contributed by atoms with Gasteiger partial charge in [-0.1, -0.05) is 24.6 Å². The van der Waals surface area contributed by atoms with E-state index in [2.05, 4.69) is 54.8 Å². The van der Waals surface area contributed by atoms with Gasteiger partial charge in [-0.3, -0.25) is 15.1 Å². The maximum Gasteiger partial charge on any atom is 0.159 e. The molecule has 1 aliphatic carbocycles. The normalized spacial score (nSPS) is 14.6. The van der Waals surface area contributed by atoms with E-state index in [0.717, 1.165) is 68.9 Å². The van der Waals surface area contributed by atoms with Gasteiger partial charge in [0, 0.05) is 27.6 Å². The molecule has 1 aliphatic rings. The number of fused-ring (bicyclic) bond motifs is 2. The first-order chi connectivity index (χ1) is 17.8. The summed E-state index contributed by atoms with van der Waals surface area (Å²) in [6, 6.07) is 14.5. The second kappa shape index (κ2) is 8.87. The van der Waals surface area contributed by atoms with E-state index in [1.54, 1.807) is 17.5 Å². The number of H-pyrrole nitrogens is 2. The zero-order chi connectivity index (χ0) is 23.9. The fraction of sp³-hybridized carbons (Fsp3) is 0.214. The Morgan fingerprint density at radius 3 is 2.78 bits per heavy atom. The molecule has 2 N–H and O–H groups in total. The molecule has 0 aliphatic heterocycles. The van der Waals surface area contributed by atoms with Crippen LogP contribution in [0.15, 0.2) is 66.4 Å².